The van der Waals surface area contributed by atoms with Crippen LogP contribution in [0.25, 0.3) is 22.0 Å². The Bertz CT molecular complexity index is 1070. The lowest BCUT2D eigenvalue weighted by Crippen LogP contribution is -2.39. The number of para-hydroxylation sites is 1. The fraction of sp³-hybridized carbons (Fsp3) is 0.304. The summed E-state index contributed by atoms with van der Waals surface area (Å²) in [7, 11) is 1.67. The molecule has 0 spiro atoms. The van der Waals surface area contributed by atoms with Crippen LogP contribution in [-0.4, -0.2) is 29.3 Å². The van der Waals surface area contributed by atoms with Gasteiger partial charge in [-0.1, -0.05) is 36.8 Å². The molecule has 2 N–H and O–H groups in total. The number of nitrogen functional groups attached to an aromatic ring is 1. The summed E-state index contributed by atoms with van der Waals surface area (Å²) in [5.74, 6) is 0.806. The van der Waals surface area contributed by atoms with Gasteiger partial charge in [-0.3, -0.25) is 9.88 Å². The third-order valence-corrected chi connectivity index (χ3v) is 6.21. The first-order chi connectivity index (χ1) is 13.7. The smallest absolute Gasteiger partial charge is 0.141 e. The lowest BCUT2D eigenvalue weighted by atomic mass is 9.90. The van der Waals surface area contributed by atoms with E-state index in [1.807, 2.05) is 30.3 Å². The highest BCUT2D eigenvalue weighted by molar-refractivity contribution is 6.02. The average molecular weight is 373 g/mol. The number of rotatable bonds is 4. The highest BCUT2D eigenvalue weighted by atomic mass is 16.5. The Morgan fingerprint density at radius 3 is 2.75 bits per heavy atom. The molecule has 5 nitrogen and oxygen atoms in total. The Balaban J connectivity index is 1.69. The van der Waals surface area contributed by atoms with Crippen LogP contribution >= 0.6 is 0 Å². The number of aromatic nitrogens is 1. The number of hydrogen-bond donors (Lipinski definition) is 1. The van der Waals surface area contributed by atoms with Crippen LogP contribution in [-0.2, 0) is 11.3 Å². The minimum Gasteiger partial charge on any atom is -0.497 e. The molecule has 0 saturated heterocycles. The molecule has 1 saturated carbocycles. The van der Waals surface area contributed by atoms with E-state index in [0.29, 0.717) is 18.3 Å². The van der Waals surface area contributed by atoms with Crippen molar-refractivity contribution < 1.29 is 9.53 Å². The molecule has 3 aromatic rings. The maximum Gasteiger partial charge on any atom is 0.141 e. The van der Waals surface area contributed by atoms with Gasteiger partial charge in [0.2, 0.25) is 0 Å². The number of carbonyl (C=O) groups excluding carboxylic acids is 1. The molecule has 1 fully saturated rings. The Labute approximate surface area is 164 Å². The molecule has 0 amide bonds. The van der Waals surface area contributed by atoms with Gasteiger partial charge in [0.1, 0.15) is 12.0 Å². The van der Waals surface area contributed by atoms with Crippen LogP contribution in [0.3, 0.4) is 0 Å². The third-order valence-electron chi connectivity index (χ3n) is 6.21. The number of nitrogens with two attached hydrogens (primary N) is 1. The molecule has 1 aliphatic carbocycles. The SMILES string of the molecule is COc1cccc(-c2cccc3c(N)c4c(nc23)CN(C2CCC2)C4C=O)c1. The average Bonchev–Trinajstić information content (AvgIpc) is 3.04. The molecule has 1 aromatic heterocycles. The quantitative estimate of drug-likeness (QED) is 0.697. The van der Waals surface area contributed by atoms with E-state index in [1.54, 1.807) is 7.11 Å². The van der Waals surface area contributed by atoms with Crippen molar-refractivity contribution >= 4 is 22.9 Å². The highest BCUT2D eigenvalue weighted by Crippen LogP contribution is 2.44. The molecule has 142 valence electrons. The van der Waals surface area contributed by atoms with Gasteiger partial charge >= 0.3 is 0 Å². The number of fused-ring (bicyclic) bond motifs is 2. The maximum absolute atomic E-state index is 11.9. The molecule has 0 radical (unpaired) electrons. The Morgan fingerprint density at radius 1 is 1.21 bits per heavy atom. The van der Waals surface area contributed by atoms with Crippen LogP contribution in [0.4, 0.5) is 5.69 Å². The summed E-state index contributed by atoms with van der Waals surface area (Å²) < 4.78 is 5.38. The molecule has 1 unspecified atom stereocenters. The number of ether oxygens (including phenoxy) is 1. The Hall–Kier alpha value is -2.92. The highest BCUT2D eigenvalue weighted by Gasteiger charge is 2.39. The lowest BCUT2D eigenvalue weighted by Gasteiger charge is -2.36. The molecular formula is C23H23N3O2. The Morgan fingerprint density at radius 2 is 2.04 bits per heavy atom. The van der Waals surface area contributed by atoms with E-state index in [2.05, 4.69) is 17.0 Å². The zero-order chi connectivity index (χ0) is 19.3. The second-order valence-corrected chi connectivity index (χ2v) is 7.66. The van der Waals surface area contributed by atoms with Crippen molar-refractivity contribution in [2.75, 3.05) is 12.8 Å². The van der Waals surface area contributed by atoms with Crippen molar-refractivity contribution in [2.24, 2.45) is 0 Å². The summed E-state index contributed by atoms with van der Waals surface area (Å²) in [6.07, 6.45) is 4.55. The van der Waals surface area contributed by atoms with Crippen molar-refractivity contribution in [3.05, 3.63) is 53.7 Å². The number of aldehydes is 1. The van der Waals surface area contributed by atoms with Gasteiger partial charge < -0.3 is 15.3 Å². The van der Waals surface area contributed by atoms with E-state index in [0.717, 1.165) is 58.2 Å². The molecule has 5 rings (SSSR count). The number of nitrogens with zero attached hydrogens (tertiary/aromatic N) is 2. The van der Waals surface area contributed by atoms with E-state index in [9.17, 15) is 4.79 Å². The summed E-state index contributed by atoms with van der Waals surface area (Å²) in [6, 6.07) is 14.2. The standard InChI is InChI=1S/C23H23N3O2/c1-28-16-8-2-5-14(11-16)17-9-4-10-18-22(24)21-19(25-23(17)18)12-26(20(21)13-27)15-6-3-7-15/h2,4-5,8-11,13,15,20H,3,6-7,12H2,1H3,(H2,24,25). The lowest BCUT2D eigenvalue weighted by molar-refractivity contribution is -0.113. The molecule has 5 heteroatoms. The predicted octanol–water partition coefficient (Wildman–Crippen LogP) is 4.10. The Kier molecular flexibility index (Phi) is 4.05. The van der Waals surface area contributed by atoms with Gasteiger partial charge in [0.15, 0.2) is 0 Å². The second kappa shape index (κ2) is 6.60. The fourth-order valence-corrected chi connectivity index (χ4v) is 4.51. The number of methoxy groups -OCH3 is 1. The zero-order valence-electron chi connectivity index (χ0n) is 15.9. The van der Waals surface area contributed by atoms with Crippen molar-refractivity contribution in [3.63, 3.8) is 0 Å². The van der Waals surface area contributed by atoms with Crippen LogP contribution in [0.5, 0.6) is 5.75 Å². The van der Waals surface area contributed by atoms with Gasteiger partial charge in [0.25, 0.3) is 0 Å². The normalized spacial score (nSPS) is 19.4. The maximum atomic E-state index is 11.9. The topological polar surface area (TPSA) is 68.5 Å². The van der Waals surface area contributed by atoms with E-state index in [4.69, 9.17) is 15.5 Å². The largest absolute Gasteiger partial charge is 0.497 e. The van der Waals surface area contributed by atoms with Crippen LogP contribution in [0.15, 0.2) is 42.5 Å². The molecule has 2 aliphatic rings. The molecule has 28 heavy (non-hydrogen) atoms. The molecular weight excluding hydrogens is 350 g/mol. The molecule has 1 atom stereocenters. The summed E-state index contributed by atoms with van der Waals surface area (Å²) in [4.78, 5) is 19.2. The third kappa shape index (κ3) is 2.50. The van der Waals surface area contributed by atoms with Gasteiger partial charge in [0.05, 0.1) is 24.4 Å². The minimum absolute atomic E-state index is 0.280. The summed E-state index contributed by atoms with van der Waals surface area (Å²) >= 11 is 0. The number of hydrogen-bond acceptors (Lipinski definition) is 5. The molecule has 2 heterocycles. The molecule has 0 bridgehead atoms. The van der Waals surface area contributed by atoms with Crippen molar-refractivity contribution in [3.8, 4) is 16.9 Å². The minimum atomic E-state index is -0.280. The summed E-state index contributed by atoms with van der Waals surface area (Å²) in [6.45, 7) is 0.690. The molecule has 2 aromatic carbocycles. The summed E-state index contributed by atoms with van der Waals surface area (Å²) in [5.41, 5.74) is 12.1. The summed E-state index contributed by atoms with van der Waals surface area (Å²) in [5, 5.41) is 0.904. The van der Waals surface area contributed by atoms with Gasteiger partial charge in [-0.15, -0.1) is 0 Å². The van der Waals surface area contributed by atoms with Gasteiger partial charge in [-0.05, 0) is 30.5 Å². The number of pyridine rings is 1. The first-order valence-corrected chi connectivity index (χ1v) is 9.77. The monoisotopic (exact) mass is 373 g/mol. The van der Waals surface area contributed by atoms with Gasteiger partial charge in [-0.2, -0.15) is 0 Å². The van der Waals surface area contributed by atoms with E-state index in [1.165, 1.54) is 6.42 Å². The van der Waals surface area contributed by atoms with E-state index < -0.39 is 0 Å². The number of benzene rings is 2. The number of anilines is 1. The van der Waals surface area contributed by atoms with Crippen LogP contribution in [0.1, 0.15) is 36.6 Å². The van der Waals surface area contributed by atoms with Gasteiger partial charge in [-0.25, -0.2) is 0 Å². The van der Waals surface area contributed by atoms with Crippen LogP contribution in [0.2, 0.25) is 0 Å². The predicted molar refractivity (Wildman–Crippen MR) is 110 cm³/mol. The zero-order valence-corrected chi connectivity index (χ0v) is 15.9. The van der Waals surface area contributed by atoms with Crippen molar-refractivity contribution in [2.45, 2.75) is 37.9 Å². The van der Waals surface area contributed by atoms with Crippen molar-refractivity contribution in [1.82, 2.24) is 9.88 Å². The van der Waals surface area contributed by atoms with Crippen LogP contribution < -0.4 is 10.5 Å². The van der Waals surface area contributed by atoms with Gasteiger partial charge in [0, 0.05) is 34.8 Å². The van der Waals surface area contributed by atoms with E-state index >= 15 is 0 Å². The first kappa shape index (κ1) is 17.2. The second-order valence-electron chi connectivity index (χ2n) is 7.66. The number of carbonyl (C=O) groups is 1. The van der Waals surface area contributed by atoms with E-state index in [-0.39, 0.29) is 6.04 Å². The van der Waals surface area contributed by atoms with Crippen LogP contribution in [0, 0.1) is 0 Å². The first-order valence-electron chi connectivity index (χ1n) is 9.77. The fourth-order valence-electron chi connectivity index (χ4n) is 4.51. The molecule has 1 aliphatic heterocycles. The van der Waals surface area contributed by atoms with Crippen molar-refractivity contribution in [1.29, 1.82) is 0 Å².